The lowest BCUT2D eigenvalue weighted by atomic mass is 10.1. The Morgan fingerprint density at radius 1 is 1.32 bits per heavy atom. The summed E-state index contributed by atoms with van der Waals surface area (Å²) in [5.74, 6) is 0. The number of rotatable bonds is 2. The summed E-state index contributed by atoms with van der Waals surface area (Å²) in [7, 11) is 0. The average Bonchev–Trinajstić information content (AvgIpc) is 2.76. The minimum atomic E-state index is -0.789. The molecule has 0 saturated carbocycles. The SMILES string of the molecule is O=c1cc(CF)nc2c(-c3ccccc3)c(Cl)[nH]n12. The summed E-state index contributed by atoms with van der Waals surface area (Å²) in [5, 5.41) is 3.03. The number of alkyl halides is 1. The highest BCUT2D eigenvalue weighted by molar-refractivity contribution is 6.33. The number of nitrogens with one attached hydrogen (secondary N) is 1. The largest absolute Gasteiger partial charge is 0.278 e. The molecule has 3 rings (SSSR count). The minimum Gasteiger partial charge on any atom is -0.278 e. The van der Waals surface area contributed by atoms with E-state index in [1.54, 1.807) is 0 Å². The lowest BCUT2D eigenvalue weighted by Crippen LogP contribution is -2.15. The third-order valence-corrected chi connectivity index (χ3v) is 3.10. The third kappa shape index (κ3) is 1.92. The second-order valence-electron chi connectivity index (χ2n) is 4.05. The van der Waals surface area contributed by atoms with E-state index >= 15 is 0 Å². The van der Waals surface area contributed by atoms with E-state index in [4.69, 9.17) is 11.6 Å². The van der Waals surface area contributed by atoms with Crippen molar-refractivity contribution in [3.05, 3.63) is 57.6 Å². The second-order valence-corrected chi connectivity index (χ2v) is 4.42. The second kappa shape index (κ2) is 4.51. The summed E-state index contributed by atoms with van der Waals surface area (Å²) in [6.07, 6.45) is 0. The molecule has 0 bridgehead atoms. The topological polar surface area (TPSA) is 50.2 Å². The van der Waals surface area contributed by atoms with Gasteiger partial charge in [0, 0.05) is 6.07 Å². The zero-order valence-corrected chi connectivity index (χ0v) is 10.5. The van der Waals surface area contributed by atoms with Crippen LogP contribution in [0.3, 0.4) is 0 Å². The van der Waals surface area contributed by atoms with Crippen LogP contribution in [0.4, 0.5) is 4.39 Å². The Kier molecular flexibility index (Phi) is 2.83. The zero-order chi connectivity index (χ0) is 13.4. The van der Waals surface area contributed by atoms with E-state index in [1.165, 1.54) is 4.52 Å². The van der Waals surface area contributed by atoms with Gasteiger partial charge >= 0.3 is 0 Å². The van der Waals surface area contributed by atoms with E-state index in [-0.39, 0.29) is 11.3 Å². The van der Waals surface area contributed by atoms with Gasteiger partial charge < -0.3 is 0 Å². The van der Waals surface area contributed by atoms with Crippen LogP contribution in [0.15, 0.2) is 41.2 Å². The maximum atomic E-state index is 12.7. The number of hydrogen-bond donors (Lipinski definition) is 1. The third-order valence-electron chi connectivity index (χ3n) is 2.82. The number of hydrogen-bond acceptors (Lipinski definition) is 2. The fourth-order valence-electron chi connectivity index (χ4n) is 1.99. The smallest absolute Gasteiger partial charge is 0.273 e. The molecular weight excluding hydrogens is 269 g/mol. The average molecular weight is 278 g/mol. The molecule has 96 valence electrons. The zero-order valence-electron chi connectivity index (χ0n) is 9.73. The van der Waals surface area contributed by atoms with Crippen LogP contribution in [0.25, 0.3) is 16.8 Å². The van der Waals surface area contributed by atoms with Crippen LogP contribution in [0.2, 0.25) is 5.15 Å². The quantitative estimate of drug-likeness (QED) is 0.783. The van der Waals surface area contributed by atoms with Crippen LogP contribution in [0.5, 0.6) is 0 Å². The van der Waals surface area contributed by atoms with Gasteiger partial charge in [-0.1, -0.05) is 41.9 Å². The lowest BCUT2D eigenvalue weighted by Gasteiger charge is -2.00. The highest BCUT2D eigenvalue weighted by Gasteiger charge is 2.15. The summed E-state index contributed by atoms with van der Waals surface area (Å²) in [5.41, 5.74) is 1.44. The van der Waals surface area contributed by atoms with E-state index in [1.807, 2.05) is 30.3 Å². The first kappa shape index (κ1) is 11.9. The summed E-state index contributed by atoms with van der Waals surface area (Å²) in [4.78, 5) is 15.9. The van der Waals surface area contributed by atoms with Gasteiger partial charge in [0.15, 0.2) is 5.65 Å². The Hall–Kier alpha value is -2.14. The van der Waals surface area contributed by atoms with Gasteiger partial charge in [0.25, 0.3) is 5.56 Å². The van der Waals surface area contributed by atoms with E-state index in [0.29, 0.717) is 16.4 Å². The van der Waals surface area contributed by atoms with Crippen molar-refractivity contribution in [3.63, 3.8) is 0 Å². The molecule has 6 heteroatoms. The van der Waals surface area contributed by atoms with Gasteiger partial charge in [0.05, 0.1) is 11.3 Å². The molecule has 2 heterocycles. The highest BCUT2D eigenvalue weighted by atomic mass is 35.5. The maximum Gasteiger partial charge on any atom is 0.273 e. The van der Waals surface area contributed by atoms with Gasteiger partial charge in [0.2, 0.25) is 0 Å². The van der Waals surface area contributed by atoms with Crippen molar-refractivity contribution in [2.24, 2.45) is 0 Å². The molecule has 4 nitrogen and oxygen atoms in total. The normalized spacial score (nSPS) is 11.1. The van der Waals surface area contributed by atoms with E-state index < -0.39 is 6.67 Å². The number of aromatic amines is 1. The Morgan fingerprint density at radius 3 is 2.74 bits per heavy atom. The summed E-state index contributed by atoms with van der Waals surface area (Å²) in [6.45, 7) is -0.789. The fraction of sp³-hybridized carbons (Fsp3) is 0.0769. The van der Waals surface area contributed by atoms with E-state index in [0.717, 1.165) is 11.6 Å². The van der Waals surface area contributed by atoms with Crippen molar-refractivity contribution in [2.45, 2.75) is 6.67 Å². The molecule has 1 aromatic carbocycles. The van der Waals surface area contributed by atoms with Crippen LogP contribution in [-0.2, 0) is 6.67 Å². The molecule has 0 saturated heterocycles. The predicted octanol–water partition coefficient (Wildman–Crippen LogP) is 2.81. The molecule has 0 aliphatic carbocycles. The summed E-state index contributed by atoms with van der Waals surface area (Å²) >= 11 is 6.12. The number of benzene rings is 1. The van der Waals surface area contributed by atoms with Crippen molar-refractivity contribution >= 4 is 17.2 Å². The van der Waals surface area contributed by atoms with Crippen LogP contribution in [0.1, 0.15) is 5.69 Å². The van der Waals surface area contributed by atoms with Crippen LogP contribution in [0, 0.1) is 0 Å². The molecule has 0 atom stereocenters. The van der Waals surface area contributed by atoms with Crippen LogP contribution < -0.4 is 5.56 Å². The van der Waals surface area contributed by atoms with Crippen molar-refractivity contribution < 1.29 is 4.39 Å². The Bertz CT molecular complexity index is 795. The standard InChI is InChI=1S/C13H9ClFN3O/c14-12-11(8-4-2-1-3-5-8)13-16-9(7-15)6-10(19)18(13)17-12/h1-6,17H,7H2. The monoisotopic (exact) mass is 277 g/mol. The van der Waals surface area contributed by atoms with E-state index in [9.17, 15) is 9.18 Å². The number of H-pyrrole nitrogens is 1. The van der Waals surface area contributed by atoms with Crippen LogP contribution >= 0.6 is 11.6 Å². The van der Waals surface area contributed by atoms with Gasteiger partial charge in [-0.2, -0.15) is 4.52 Å². The van der Waals surface area contributed by atoms with Gasteiger partial charge in [-0.15, -0.1) is 0 Å². The molecule has 1 N–H and O–H groups in total. The van der Waals surface area contributed by atoms with Gasteiger partial charge in [-0.05, 0) is 5.56 Å². The minimum absolute atomic E-state index is 0.0952. The Balaban J connectivity index is 2.39. The maximum absolute atomic E-state index is 12.7. The number of nitrogens with zero attached hydrogens (tertiary/aromatic N) is 2. The molecule has 3 aromatic rings. The molecule has 0 fully saturated rings. The van der Waals surface area contributed by atoms with Crippen molar-refractivity contribution in [1.29, 1.82) is 0 Å². The molecule has 0 radical (unpaired) electrons. The molecule has 0 aliphatic rings. The molecule has 0 aliphatic heterocycles. The summed E-state index contributed by atoms with van der Waals surface area (Å²) in [6, 6.07) is 10.4. The first-order valence-corrected chi connectivity index (χ1v) is 6.00. The first-order chi connectivity index (χ1) is 9.20. The highest BCUT2D eigenvalue weighted by Crippen LogP contribution is 2.29. The van der Waals surface area contributed by atoms with Crippen LogP contribution in [-0.4, -0.2) is 14.6 Å². The van der Waals surface area contributed by atoms with E-state index in [2.05, 4.69) is 10.1 Å². The number of fused-ring (bicyclic) bond motifs is 1. The molecular formula is C13H9ClFN3O. The van der Waals surface area contributed by atoms with Crippen molar-refractivity contribution in [1.82, 2.24) is 14.6 Å². The molecule has 0 spiro atoms. The first-order valence-electron chi connectivity index (χ1n) is 5.62. The van der Waals surface area contributed by atoms with Crippen molar-refractivity contribution in [2.75, 3.05) is 0 Å². The molecule has 0 unspecified atom stereocenters. The lowest BCUT2D eigenvalue weighted by molar-refractivity contribution is 0.475. The molecule has 19 heavy (non-hydrogen) atoms. The Labute approximate surface area is 112 Å². The van der Waals surface area contributed by atoms with Gasteiger partial charge in [-0.3, -0.25) is 9.89 Å². The van der Waals surface area contributed by atoms with Crippen molar-refractivity contribution in [3.8, 4) is 11.1 Å². The number of aromatic nitrogens is 3. The molecule has 2 aromatic heterocycles. The molecule has 0 amide bonds. The predicted molar refractivity (Wildman–Crippen MR) is 71.1 cm³/mol. The van der Waals surface area contributed by atoms with Gasteiger partial charge in [0.1, 0.15) is 11.8 Å². The Morgan fingerprint density at radius 2 is 2.05 bits per heavy atom. The number of halogens is 2. The fourth-order valence-corrected chi connectivity index (χ4v) is 2.26. The summed E-state index contributed by atoms with van der Waals surface area (Å²) < 4.78 is 13.9. The van der Waals surface area contributed by atoms with Gasteiger partial charge in [-0.25, -0.2) is 9.37 Å².